The third-order valence-electron chi connectivity index (χ3n) is 2.93. The zero-order chi connectivity index (χ0) is 16.1. The van der Waals surface area contributed by atoms with Crippen molar-refractivity contribution in [2.24, 2.45) is 5.73 Å². The number of rotatable bonds is 6. The maximum atomic E-state index is 12.2. The number of nitrogens with one attached hydrogen (secondary N) is 1. The largest absolute Gasteiger partial charge is 0.487 e. The molecule has 3 N–H and O–H groups in total. The Kier molecular flexibility index (Phi) is 5.11. The molecule has 22 heavy (non-hydrogen) atoms. The van der Waals surface area contributed by atoms with Crippen LogP contribution in [0.4, 0.5) is 14.5 Å². The van der Waals surface area contributed by atoms with Gasteiger partial charge >= 0.3 is 0 Å². The van der Waals surface area contributed by atoms with Crippen LogP contribution in [-0.4, -0.2) is 18.9 Å². The van der Waals surface area contributed by atoms with Crippen molar-refractivity contribution in [3.05, 3.63) is 47.4 Å². The number of anilines is 1. The van der Waals surface area contributed by atoms with Gasteiger partial charge in [-0.15, -0.1) is 0 Å². The fraction of sp³-hybridized carbons (Fsp3) is 0.267. The van der Waals surface area contributed by atoms with Gasteiger partial charge < -0.3 is 20.2 Å². The number of carbonyl (C=O) groups is 1. The van der Waals surface area contributed by atoms with Crippen LogP contribution in [0.15, 0.2) is 34.9 Å². The van der Waals surface area contributed by atoms with E-state index in [4.69, 9.17) is 14.9 Å². The van der Waals surface area contributed by atoms with Crippen molar-refractivity contribution in [3.8, 4) is 5.75 Å². The van der Waals surface area contributed by atoms with Crippen LogP contribution < -0.4 is 15.8 Å². The van der Waals surface area contributed by atoms with E-state index in [1.165, 1.54) is 18.4 Å². The maximum absolute atomic E-state index is 12.2. The van der Waals surface area contributed by atoms with Crippen molar-refractivity contribution in [1.29, 1.82) is 0 Å². The number of carbonyl (C=O) groups excluding carboxylic acids is 1. The van der Waals surface area contributed by atoms with Gasteiger partial charge in [0.2, 0.25) is 0 Å². The number of aryl methyl sites for hydroxylation is 1. The zero-order valence-corrected chi connectivity index (χ0v) is 11.9. The van der Waals surface area contributed by atoms with Crippen LogP contribution in [0.25, 0.3) is 0 Å². The van der Waals surface area contributed by atoms with Crippen LogP contribution >= 0.6 is 0 Å². The summed E-state index contributed by atoms with van der Waals surface area (Å²) >= 11 is 0. The minimum Gasteiger partial charge on any atom is -0.487 e. The van der Waals surface area contributed by atoms with Crippen LogP contribution in [0, 0.1) is 6.92 Å². The number of alkyl halides is 2. The lowest BCUT2D eigenvalue weighted by Gasteiger charge is -2.11. The van der Waals surface area contributed by atoms with Crippen molar-refractivity contribution < 1.29 is 22.7 Å². The highest BCUT2D eigenvalue weighted by Crippen LogP contribution is 2.23. The Balaban J connectivity index is 2.08. The summed E-state index contributed by atoms with van der Waals surface area (Å²) in [4.78, 5) is 12.0. The molecule has 0 atom stereocenters. The lowest BCUT2D eigenvalue weighted by atomic mass is 10.2. The summed E-state index contributed by atoms with van der Waals surface area (Å²) in [6.07, 6.45) is -1.25. The second kappa shape index (κ2) is 7.04. The quantitative estimate of drug-likeness (QED) is 0.860. The van der Waals surface area contributed by atoms with Crippen LogP contribution in [0.1, 0.15) is 21.7 Å². The fourth-order valence-corrected chi connectivity index (χ4v) is 1.80. The summed E-state index contributed by atoms with van der Waals surface area (Å²) in [5.74, 6) is 0.412. The van der Waals surface area contributed by atoms with Gasteiger partial charge in [-0.25, -0.2) is 8.78 Å². The minimum atomic E-state index is -2.56. The molecule has 5 nitrogen and oxygen atoms in total. The molecule has 1 aromatic carbocycles. The van der Waals surface area contributed by atoms with Crippen molar-refractivity contribution in [2.75, 3.05) is 11.9 Å². The standard InChI is InChI=1S/C15H16F2N2O3/c1-9-2-3-11(5-13(9)22-8-14(16)17)19-15(20)10-4-12(6-18)21-7-10/h2-5,7,14H,6,8,18H2,1H3,(H,19,20). The van der Waals surface area contributed by atoms with E-state index < -0.39 is 13.0 Å². The molecular weight excluding hydrogens is 294 g/mol. The molecule has 0 saturated carbocycles. The summed E-state index contributed by atoms with van der Waals surface area (Å²) in [6.45, 7) is 1.24. The molecule has 0 radical (unpaired) electrons. The molecule has 2 aromatic rings. The lowest BCUT2D eigenvalue weighted by Crippen LogP contribution is -2.12. The van der Waals surface area contributed by atoms with Gasteiger partial charge in [0.05, 0.1) is 12.1 Å². The molecule has 7 heteroatoms. The molecule has 1 aromatic heterocycles. The smallest absolute Gasteiger partial charge is 0.272 e. The molecule has 1 heterocycles. The van der Waals surface area contributed by atoms with Gasteiger partial charge in [0.25, 0.3) is 12.3 Å². The Hall–Kier alpha value is -2.41. The Labute approximate surface area is 126 Å². The first-order chi connectivity index (χ1) is 10.5. The van der Waals surface area contributed by atoms with E-state index in [0.29, 0.717) is 28.3 Å². The van der Waals surface area contributed by atoms with Crippen LogP contribution in [0.5, 0.6) is 5.75 Å². The van der Waals surface area contributed by atoms with Gasteiger partial charge in [0.15, 0.2) is 0 Å². The highest BCUT2D eigenvalue weighted by Gasteiger charge is 2.12. The van der Waals surface area contributed by atoms with E-state index in [1.54, 1.807) is 19.1 Å². The first-order valence-corrected chi connectivity index (χ1v) is 6.60. The Morgan fingerprint density at radius 1 is 1.41 bits per heavy atom. The van der Waals surface area contributed by atoms with Gasteiger partial charge in [-0.1, -0.05) is 6.07 Å². The van der Waals surface area contributed by atoms with Gasteiger partial charge in [0, 0.05) is 11.8 Å². The van der Waals surface area contributed by atoms with E-state index in [0.717, 1.165) is 0 Å². The van der Waals surface area contributed by atoms with Gasteiger partial charge in [-0.05, 0) is 24.6 Å². The van der Waals surface area contributed by atoms with Crippen LogP contribution in [0.2, 0.25) is 0 Å². The van der Waals surface area contributed by atoms with Crippen LogP contribution in [-0.2, 0) is 6.54 Å². The van der Waals surface area contributed by atoms with E-state index in [-0.39, 0.29) is 12.5 Å². The third kappa shape index (κ3) is 4.05. The number of hydrogen-bond acceptors (Lipinski definition) is 4. The van der Waals surface area contributed by atoms with Crippen LogP contribution in [0.3, 0.4) is 0 Å². The van der Waals surface area contributed by atoms with E-state index in [1.807, 2.05) is 0 Å². The van der Waals surface area contributed by atoms with E-state index in [9.17, 15) is 13.6 Å². The molecule has 0 unspecified atom stereocenters. The van der Waals surface area contributed by atoms with E-state index >= 15 is 0 Å². The highest BCUT2D eigenvalue weighted by atomic mass is 19.3. The molecule has 0 aliphatic carbocycles. The Morgan fingerprint density at radius 2 is 2.18 bits per heavy atom. The molecule has 1 amide bonds. The third-order valence-corrected chi connectivity index (χ3v) is 2.93. The van der Waals surface area contributed by atoms with Crippen molar-refractivity contribution in [1.82, 2.24) is 0 Å². The second-order valence-corrected chi connectivity index (χ2v) is 4.64. The molecular formula is C15H16F2N2O3. The molecule has 118 valence electrons. The first-order valence-electron chi connectivity index (χ1n) is 6.60. The van der Waals surface area contributed by atoms with Gasteiger partial charge in [-0.3, -0.25) is 4.79 Å². The fourth-order valence-electron chi connectivity index (χ4n) is 1.80. The number of halogens is 2. The number of ether oxygens (including phenoxy) is 1. The van der Waals surface area contributed by atoms with Gasteiger partial charge in [0.1, 0.15) is 24.4 Å². The number of nitrogens with two attached hydrogens (primary N) is 1. The summed E-state index contributed by atoms with van der Waals surface area (Å²) in [5.41, 5.74) is 6.88. The van der Waals surface area contributed by atoms with Crippen molar-refractivity contribution in [3.63, 3.8) is 0 Å². The normalized spacial score (nSPS) is 10.8. The van der Waals surface area contributed by atoms with E-state index in [2.05, 4.69) is 5.32 Å². The Morgan fingerprint density at radius 3 is 2.82 bits per heavy atom. The zero-order valence-electron chi connectivity index (χ0n) is 11.9. The molecule has 0 spiro atoms. The summed E-state index contributed by atoms with van der Waals surface area (Å²) in [6, 6.07) is 6.38. The first kappa shape index (κ1) is 16.0. The maximum Gasteiger partial charge on any atom is 0.272 e. The average Bonchev–Trinajstić information content (AvgIpc) is 2.96. The molecule has 0 fully saturated rings. The molecule has 0 aliphatic heterocycles. The Bertz CT molecular complexity index is 656. The topological polar surface area (TPSA) is 77.5 Å². The monoisotopic (exact) mass is 310 g/mol. The minimum absolute atomic E-state index is 0.198. The number of furan rings is 1. The lowest BCUT2D eigenvalue weighted by molar-refractivity contribution is 0.0815. The molecule has 0 bridgehead atoms. The van der Waals surface area contributed by atoms with Crippen molar-refractivity contribution in [2.45, 2.75) is 19.9 Å². The van der Waals surface area contributed by atoms with Gasteiger partial charge in [-0.2, -0.15) is 0 Å². The predicted octanol–water partition coefficient (Wildman–Crippen LogP) is 2.94. The SMILES string of the molecule is Cc1ccc(NC(=O)c2coc(CN)c2)cc1OCC(F)F. The number of amides is 1. The molecule has 0 saturated heterocycles. The summed E-state index contributed by atoms with van der Waals surface area (Å²) in [7, 11) is 0. The molecule has 2 rings (SSSR count). The molecule has 0 aliphatic rings. The highest BCUT2D eigenvalue weighted by molar-refractivity contribution is 6.04. The summed E-state index contributed by atoms with van der Waals surface area (Å²) in [5, 5.41) is 2.64. The number of benzene rings is 1. The predicted molar refractivity (Wildman–Crippen MR) is 77.2 cm³/mol. The average molecular weight is 310 g/mol. The summed E-state index contributed by atoms with van der Waals surface area (Å²) < 4.78 is 34.5. The van der Waals surface area contributed by atoms with Crippen molar-refractivity contribution >= 4 is 11.6 Å². The number of hydrogen-bond donors (Lipinski definition) is 2. The second-order valence-electron chi connectivity index (χ2n) is 4.64.